The van der Waals surface area contributed by atoms with Gasteiger partial charge in [0.25, 0.3) is 0 Å². The van der Waals surface area contributed by atoms with Crippen molar-refractivity contribution in [2.24, 2.45) is 0 Å². The largest absolute Gasteiger partial charge is 0.359 e. The molecule has 1 heterocycles. The summed E-state index contributed by atoms with van der Waals surface area (Å²) in [6, 6.07) is 3.68. The lowest BCUT2D eigenvalue weighted by Gasteiger charge is -2.06. The molecule has 1 rings (SSSR count). The monoisotopic (exact) mass is 235 g/mol. The Morgan fingerprint density at radius 2 is 2.38 bits per heavy atom. The van der Waals surface area contributed by atoms with E-state index in [2.05, 4.69) is 0 Å². The number of thiophene rings is 1. The van der Waals surface area contributed by atoms with Gasteiger partial charge in [-0.2, -0.15) is 5.26 Å². The first-order valence-electron chi connectivity index (χ1n) is 3.65. The van der Waals surface area contributed by atoms with E-state index < -0.39 is 6.10 Å². The summed E-state index contributed by atoms with van der Waals surface area (Å²) in [7, 11) is 0. The summed E-state index contributed by atoms with van der Waals surface area (Å²) >= 11 is 12.8. The molecule has 0 fully saturated rings. The van der Waals surface area contributed by atoms with Crippen molar-refractivity contribution < 1.29 is 4.74 Å². The smallest absolute Gasteiger partial charge is 0.171 e. The molecule has 0 aliphatic heterocycles. The molecule has 0 N–H and O–H groups in total. The van der Waals surface area contributed by atoms with Crippen LogP contribution in [0.2, 0.25) is 8.67 Å². The third kappa shape index (κ3) is 2.58. The van der Waals surface area contributed by atoms with Crippen LogP contribution in [-0.4, -0.2) is 6.61 Å². The van der Waals surface area contributed by atoms with Gasteiger partial charge in [0.1, 0.15) is 4.34 Å². The molecule has 0 radical (unpaired) electrons. The molecule has 1 atom stereocenters. The second kappa shape index (κ2) is 4.83. The molecule has 1 unspecified atom stereocenters. The second-order valence-electron chi connectivity index (χ2n) is 2.24. The first-order valence-corrected chi connectivity index (χ1v) is 5.22. The predicted molar refractivity (Wildman–Crippen MR) is 54.3 cm³/mol. The van der Waals surface area contributed by atoms with Crippen LogP contribution in [0.3, 0.4) is 0 Å². The number of rotatable bonds is 3. The normalized spacial score (nSPS) is 12.5. The minimum atomic E-state index is -0.610. The van der Waals surface area contributed by atoms with Crippen LogP contribution < -0.4 is 0 Å². The van der Waals surface area contributed by atoms with Crippen molar-refractivity contribution in [3.63, 3.8) is 0 Å². The van der Waals surface area contributed by atoms with E-state index in [0.717, 1.165) is 0 Å². The van der Waals surface area contributed by atoms with Crippen LogP contribution in [0.4, 0.5) is 0 Å². The number of halogens is 2. The highest BCUT2D eigenvalue weighted by Gasteiger charge is 2.16. The van der Waals surface area contributed by atoms with Gasteiger partial charge in [-0.1, -0.05) is 23.2 Å². The predicted octanol–water partition coefficient (Wildman–Crippen LogP) is 3.66. The number of hydrogen-bond acceptors (Lipinski definition) is 3. The summed E-state index contributed by atoms with van der Waals surface area (Å²) in [5.74, 6) is 0. The lowest BCUT2D eigenvalue weighted by atomic mass is 10.2. The molecule has 5 heteroatoms. The molecule has 1 aromatic heterocycles. The summed E-state index contributed by atoms with van der Waals surface area (Å²) in [4.78, 5) is 0. The van der Waals surface area contributed by atoms with Gasteiger partial charge in [0, 0.05) is 12.2 Å². The molecule has 0 spiro atoms. The summed E-state index contributed by atoms with van der Waals surface area (Å²) < 4.78 is 6.26. The van der Waals surface area contributed by atoms with Crippen LogP contribution in [0, 0.1) is 11.3 Å². The molecule has 1 aromatic rings. The van der Waals surface area contributed by atoms with E-state index in [1.807, 2.05) is 13.0 Å². The Hall–Kier alpha value is -0.270. The van der Waals surface area contributed by atoms with Gasteiger partial charge in [-0.3, -0.25) is 0 Å². The van der Waals surface area contributed by atoms with Crippen molar-refractivity contribution >= 4 is 34.5 Å². The average molecular weight is 236 g/mol. The van der Waals surface area contributed by atoms with Gasteiger partial charge in [0.15, 0.2) is 6.10 Å². The van der Waals surface area contributed by atoms with E-state index >= 15 is 0 Å². The Morgan fingerprint density at radius 3 is 2.77 bits per heavy atom. The molecule has 13 heavy (non-hydrogen) atoms. The highest BCUT2D eigenvalue weighted by molar-refractivity contribution is 7.20. The lowest BCUT2D eigenvalue weighted by molar-refractivity contribution is 0.102. The minimum Gasteiger partial charge on any atom is -0.359 e. The van der Waals surface area contributed by atoms with Crippen LogP contribution in [-0.2, 0) is 4.74 Å². The van der Waals surface area contributed by atoms with Crippen molar-refractivity contribution in [2.75, 3.05) is 6.61 Å². The Kier molecular flexibility index (Phi) is 4.01. The Labute approximate surface area is 90.6 Å². The van der Waals surface area contributed by atoms with Crippen LogP contribution in [0.1, 0.15) is 18.6 Å². The topological polar surface area (TPSA) is 33.0 Å². The quantitative estimate of drug-likeness (QED) is 0.802. The fourth-order valence-electron chi connectivity index (χ4n) is 0.895. The van der Waals surface area contributed by atoms with Crippen molar-refractivity contribution in [3.8, 4) is 6.07 Å². The highest BCUT2D eigenvalue weighted by Crippen LogP contribution is 2.35. The zero-order valence-electron chi connectivity index (χ0n) is 6.88. The van der Waals surface area contributed by atoms with E-state index in [9.17, 15) is 0 Å². The first kappa shape index (κ1) is 10.8. The van der Waals surface area contributed by atoms with Crippen molar-refractivity contribution in [3.05, 3.63) is 20.3 Å². The van der Waals surface area contributed by atoms with Gasteiger partial charge < -0.3 is 4.74 Å². The minimum absolute atomic E-state index is 0.474. The number of ether oxygens (including phenoxy) is 1. The van der Waals surface area contributed by atoms with E-state index in [1.54, 1.807) is 6.07 Å². The maximum absolute atomic E-state index is 8.77. The Bertz CT molecular complexity index is 331. The Morgan fingerprint density at radius 1 is 1.69 bits per heavy atom. The molecule has 70 valence electrons. The van der Waals surface area contributed by atoms with Crippen molar-refractivity contribution in [2.45, 2.75) is 13.0 Å². The van der Waals surface area contributed by atoms with E-state index in [1.165, 1.54) is 11.3 Å². The standard InChI is InChI=1S/C8H7Cl2NOS/c1-2-12-6(4-11)5-3-7(9)13-8(5)10/h3,6H,2H2,1H3. The third-order valence-corrected chi connectivity index (χ3v) is 2.93. The summed E-state index contributed by atoms with van der Waals surface area (Å²) in [5, 5.41) is 8.77. The maximum Gasteiger partial charge on any atom is 0.171 e. The van der Waals surface area contributed by atoms with Gasteiger partial charge in [-0.25, -0.2) is 0 Å². The van der Waals surface area contributed by atoms with Gasteiger partial charge in [-0.05, 0) is 13.0 Å². The van der Waals surface area contributed by atoms with E-state index in [-0.39, 0.29) is 0 Å². The molecule has 0 saturated heterocycles. The molecule has 0 amide bonds. The average Bonchev–Trinajstić information content (AvgIpc) is 2.41. The first-order chi connectivity index (χ1) is 6.19. The van der Waals surface area contributed by atoms with E-state index in [4.69, 9.17) is 33.2 Å². The van der Waals surface area contributed by atoms with Gasteiger partial charge >= 0.3 is 0 Å². The molecule has 2 nitrogen and oxygen atoms in total. The molecular weight excluding hydrogens is 229 g/mol. The molecule has 0 aromatic carbocycles. The highest BCUT2D eigenvalue weighted by atomic mass is 35.5. The number of nitrogens with zero attached hydrogens (tertiary/aromatic N) is 1. The number of nitriles is 1. The zero-order chi connectivity index (χ0) is 9.84. The summed E-state index contributed by atoms with van der Waals surface area (Å²) in [5.41, 5.74) is 0.654. The van der Waals surface area contributed by atoms with E-state index in [0.29, 0.717) is 20.8 Å². The molecule has 0 aliphatic rings. The van der Waals surface area contributed by atoms with Gasteiger partial charge in [0.2, 0.25) is 0 Å². The van der Waals surface area contributed by atoms with Crippen LogP contribution in [0.5, 0.6) is 0 Å². The third-order valence-electron chi connectivity index (χ3n) is 1.42. The number of hydrogen-bond donors (Lipinski definition) is 0. The Balaban J connectivity index is 2.92. The van der Waals surface area contributed by atoms with Crippen LogP contribution in [0.25, 0.3) is 0 Å². The summed E-state index contributed by atoms with van der Waals surface area (Å²) in [6.45, 7) is 2.30. The molecule has 0 aliphatic carbocycles. The fraction of sp³-hybridized carbons (Fsp3) is 0.375. The van der Waals surface area contributed by atoms with Crippen molar-refractivity contribution in [1.29, 1.82) is 5.26 Å². The fourth-order valence-corrected chi connectivity index (χ4v) is 2.41. The molecule has 0 saturated carbocycles. The summed E-state index contributed by atoms with van der Waals surface area (Å²) in [6.07, 6.45) is -0.610. The zero-order valence-corrected chi connectivity index (χ0v) is 9.21. The SMILES string of the molecule is CCOC(C#N)c1cc(Cl)sc1Cl. The van der Waals surface area contributed by atoms with Crippen LogP contribution >= 0.6 is 34.5 Å². The van der Waals surface area contributed by atoms with Gasteiger partial charge in [0.05, 0.1) is 10.4 Å². The second-order valence-corrected chi connectivity index (χ2v) is 4.53. The van der Waals surface area contributed by atoms with Gasteiger partial charge in [-0.15, -0.1) is 11.3 Å². The van der Waals surface area contributed by atoms with Crippen LogP contribution in [0.15, 0.2) is 6.07 Å². The van der Waals surface area contributed by atoms with Crippen molar-refractivity contribution in [1.82, 2.24) is 0 Å². The molecule has 0 bridgehead atoms. The molecular formula is C8H7Cl2NOS. The maximum atomic E-state index is 8.77. The lowest BCUT2D eigenvalue weighted by Crippen LogP contribution is -2.00.